The van der Waals surface area contributed by atoms with E-state index in [1.807, 2.05) is 67.7 Å². The van der Waals surface area contributed by atoms with Gasteiger partial charge >= 0.3 is 0 Å². The number of hydrazine groups is 1. The molecule has 1 aliphatic heterocycles. The van der Waals surface area contributed by atoms with Crippen LogP contribution in [0, 0.1) is 5.92 Å². The van der Waals surface area contributed by atoms with Crippen LogP contribution >= 0.6 is 0 Å². The van der Waals surface area contributed by atoms with Gasteiger partial charge in [-0.25, -0.2) is 0 Å². The molecule has 1 N–H and O–H groups in total. The summed E-state index contributed by atoms with van der Waals surface area (Å²) in [7, 11) is 1.83. The standard InChI is InChI=1S/C20H23N3O3/c1-22(17-8-4-2-5-9-17)23-15-16(14-19(23)24)20(25)21-12-13-26-18-10-6-3-7-11-18/h2-11,16H,12-15H2,1H3,(H,21,25). The number of nitrogens with zero attached hydrogens (tertiary/aromatic N) is 2. The molecule has 1 saturated heterocycles. The van der Waals surface area contributed by atoms with E-state index in [2.05, 4.69) is 5.32 Å². The molecule has 136 valence electrons. The van der Waals surface area contributed by atoms with Crippen molar-refractivity contribution in [3.63, 3.8) is 0 Å². The van der Waals surface area contributed by atoms with Crippen molar-refractivity contribution in [2.24, 2.45) is 5.92 Å². The summed E-state index contributed by atoms with van der Waals surface area (Å²) in [5, 5.41) is 6.28. The molecule has 1 heterocycles. The van der Waals surface area contributed by atoms with Gasteiger partial charge in [0.25, 0.3) is 0 Å². The highest BCUT2D eigenvalue weighted by atomic mass is 16.5. The summed E-state index contributed by atoms with van der Waals surface area (Å²) in [6.07, 6.45) is 0.225. The summed E-state index contributed by atoms with van der Waals surface area (Å²) in [6, 6.07) is 19.1. The molecule has 1 aliphatic rings. The molecule has 1 fully saturated rings. The van der Waals surface area contributed by atoms with Crippen molar-refractivity contribution in [2.45, 2.75) is 6.42 Å². The molecule has 0 aromatic heterocycles. The number of hydrogen-bond donors (Lipinski definition) is 1. The summed E-state index contributed by atoms with van der Waals surface area (Å²) in [5.74, 6) is 0.273. The Balaban J connectivity index is 1.46. The van der Waals surface area contributed by atoms with E-state index in [1.165, 1.54) is 0 Å². The van der Waals surface area contributed by atoms with Gasteiger partial charge in [0.15, 0.2) is 0 Å². The molecule has 3 rings (SSSR count). The van der Waals surface area contributed by atoms with Crippen LogP contribution in [0.25, 0.3) is 0 Å². The fourth-order valence-corrected chi connectivity index (χ4v) is 2.94. The molecule has 0 aliphatic carbocycles. The lowest BCUT2D eigenvalue weighted by molar-refractivity contribution is -0.129. The summed E-state index contributed by atoms with van der Waals surface area (Å²) in [5.41, 5.74) is 0.915. The minimum Gasteiger partial charge on any atom is -0.492 e. The highest BCUT2D eigenvalue weighted by Gasteiger charge is 2.36. The fraction of sp³-hybridized carbons (Fsp3) is 0.300. The van der Waals surface area contributed by atoms with Gasteiger partial charge in [0, 0.05) is 13.5 Å². The zero-order valence-corrected chi connectivity index (χ0v) is 14.8. The molecule has 2 amide bonds. The third-order valence-electron chi connectivity index (χ3n) is 4.38. The lowest BCUT2D eigenvalue weighted by atomic mass is 10.1. The van der Waals surface area contributed by atoms with Crippen molar-refractivity contribution in [2.75, 3.05) is 31.8 Å². The number of carbonyl (C=O) groups excluding carboxylic acids is 2. The summed E-state index contributed by atoms with van der Waals surface area (Å²) in [4.78, 5) is 24.6. The molecule has 1 atom stereocenters. The highest BCUT2D eigenvalue weighted by Crippen LogP contribution is 2.23. The Morgan fingerprint density at radius 3 is 2.50 bits per heavy atom. The number of hydrogen-bond acceptors (Lipinski definition) is 4. The van der Waals surface area contributed by atoms with Crippen LogP contribution in [0.5, 0.6) is 5.75 Å². The van der Waals surface area contributed by atoms with Crippen LogP contribution in [0.15, 0.2) is 60.7 Å². The third-order valence-corrected chi connectivity index (χ3v) is 4.38. The van der Waals surface area contributed by atoms with Gasteiger partial charge in [0.05, 0.1) is 24.7 Å². The first-order valence-electron chi connectivity index (χ1n) is 8.70. The number of amides is 2. The number of anilines is 1. The lowest BCUT2D eigenvalue weighted by Crippen LogP contribution is -2.42. The third kappa shape index (κ3) is 4.33. The van der Waals surface area contributed by atoms with Gasteiger partial charge in [-0.15, -0.1) is 0 Å². The van der Waals surface area contributed by atoms with Crippen LogP contribution in [-0.4, -0.2) is 43.6 Å². The lowest BCUT2D eigenvalue weighted by Gasteiger charge is -2.30. The van der Waals surface area contributed by atoms with Gasteiger partial charge in [-0.2, -0.15) is 0 Å². The van der Waals surface area contributed by atoms with Gasteiger partial charge in [0.2, 0.25) is 11.8 Å². The maximum atomic E-state index is 12.3. The fourth-order valence-electron chi connectivity index (χ4n) is 2.94. The Hall–Kier alpha value is -3.02. The molecule has 2 aromatic carbocycles. The van der Waals surface area contributed by atoms with Crippen molar-refractivity contribution in [1.82, 2.24) is 10.3 Å². The van der Waals surface area contributed by atoms with E-state index in [0.29, 0.717) is 19.7 Å². The molecule has 6 nitrogen and oxygen atoms in total. The van der Waals surface area contributed by atoms with Crippen LogP contribution in [0.3, 0.4) is 0 Å². The average Bonchev–Trinajstić information content (AvgIpc) is 3.08. The van der Waals surface area contributed by atoms with E-state index in [-0.39, 0.29) is 24.2 Å². The Morgan fingerprint density at radius 1 is 1.15 bits per heavy atom. The molecule has 0 radical (unpaired) electrons. The second-order valence-corrected chi connectivity index (χ2v) is 6.19. The zero-order chi connectivity index (χ0) is 18.4. The van der Waals surface area contributed by atoms with Gasteiger partial charge in [-0.3, -0.25) is 19.6 Å². The Labute approximate surface area is 153 Å². The molecular formula is C20H23N3O3. The molecule has 6 heteroatoms. The van der Waals surface area contributed by atoms with E-state index in [1.54, 1.807) is 10.0 Å². The van der Waals surface area contributed by atoms with Crippen molar-refractivity contribution in [3.8, 4) is 5.75 Å². The van der Waals surface area contributed by atoms with Gasteiger partial charge in [0.1, 0.15) is 12.4 Å². The van der Waals surface area contributed by atoms with Crippen LogP contribution in [0.1, 0.15) is 6.42 Å². The van der Waals surface area contributed by atoms with Crippen LogP contribution in [-0.2, 0) is 9.59 Å². The molecule has 0 saturated carbocycles. The highest BCUT2D eigenvalue weighted by molar-refractivity contribution is 5.90. The molecule has 2 aromatic rings. The second-order valence-electron chi connectivity index (χ2n) is 6.19. The quantitative estimate of drug-likeness (QED) is 0.774. The van der Waals surface area contributed by atoms with Crippen molar-refractivity contribution in [3.05, 3.63) is 60.7 Å². The second kappa shape index (κ2) is 8.38. The number of benzene rings is 2. The van der Waals surface area contributed by atoms with Crippen molar-refractivity contribution in [1.29, 1.82) is 0 Å². The largest absolute Gasteiger partial charge is 0.492 e. The molecule has 1 unspecified atom stereocenters. The summed E-state index contributed by atoms with van der Waals surface area (Å²) >= 11 is 0. The number of ether oxygens (including phenoxy) is 1. The molecular weight excluding hydrogens is 330 g/mol. The van der Waals surface area contributed by atoms with Crippen molar-refractivity contribution >= 4 is 17.5 Å². The number of para-hydroxylation sites is 2. The molecule has 0 bridgehead atoms. The van der Waals surface area contributed by atoms with Gasteiger partial charge in [-0.1, -0.05) is 36.4 Å². The Morgan fingerprint density at radius 2 is 1.81 bits per heavy atom. The first-order valence-corrected chi connectivity index (χ1v) is 8.70. The zero-order valence-electron chi connectivity index (χ0n) is 14.8. The van der Waals surface area contributed by atoms with E-state index in [9.17, 15) is 9.59 Å². The van der Waals surface area contributed by atoms with E-state index < -0.39 is 0 Å². The van der Waals surface area contributed by atoms with Crippen molar-refractivity contribution < 1.29 is 14.3 Å². The minimum atomic E-state index is -0.342. The monoisotopic (exact) mass is 353 g/mol. The topological polar surface area (TPSA) is 61.9 Å². The Kier molecular flexibility index (Phi) is 5.73. The normalized spacial score (nSPS) is 16.4. The van der Waals surface area contributed by atoms with E-state index in [4.69, 9.17) is 4.74 Å². The maximum absolute atomic E-state index is 12.3. The van der Waals surface area contributed by atoms with Gasteiger partial charge < -0.3 is 10.1 Å². The number of carbonyl (C=O) groups is 2. The maximum Gasteiger partial charge on any atom is 0.241 e. The predicted octanol–water partition coefficient (Wildman–Crippen LogP) is 2.08. The van der Waals surface area contributed by atoms with Crippen LogP contribution in [0.4, 0.5) is 5.69 Å². The first-order chi connectivity index (χ1) is 12.6. The van der Waals surface area contributed by atoms with Crippen LogP contribution in [0.2, 0.25) is 0 Å². The van der Waals surface area contributed by atoms with Crippen LogP contribution < -0.4 is 15.1 Å². The summed E-state index contributed by atoms with van der Waals surface area (Å²) in [6.45, 7) is 1.19. The number of nitrogens with one attached hydrogen (secondary N) is 1. The smallest absolute Gasteiger partial charge is 0.241 e. The summed E-state index contributed by atoms with van der Waals surface area (Å²) < 4.78 is 5.56. The molecule has 0 spiro atoms. The van der Waals surface area contributed by atoms with E-state index in [0.717, 1.165) is 11.4 Å². The number of rotatable bonds is 7. The predicted molar refractivity (Wildman–Crippen MR) is 99.6 cm³/mol. The SMILES string of the molecule is CN(c1ccccc1)N1CC(C(=O)NCCOc2ccccc2)CC1=O. The molecule has 26 heavy (non-hydrogen) atoms. The van der Waals surface area contributed by atoms with Gasteiger partial charge in [-0.05, 0) is 24.3 Å². The first kappa shape index (κ1) is 17.8. The average molecular weight is 353 g/mol. The van der Waals surface area contributed by atoms with E-state index >= 15 is 0 Å². The minimum absolute atomic E-state index is 0.0444. The Bertz CT molecular complexity index is 736.